The lowest BCUT2D eigenvalue weighted by atomic mass is 10.1. The second kappa shape index (κ2) is 6.49. The Kier molecular flexibility index (Phi) is 4.96. The summed E-state index contributed by atoms with van der Waals surface area (Å²) < 4.78 is 0. The number of nitrogens with one attached hydrogen (secondary N) is 1. The van der Waals surface area contributed by atoms with Crippen LogP contribution < -0.4 is 5.32 Å². The van der Waals surface area contributed by atoms with Gasteiger partial charge in [-0.3, -0.25) is 9.59 Å². The van der Waals surface area contributed by atoms with Crippen molar-refractivity contribution in [1.82, 2.24) is 5.32 Å². The molecule has 88 valence electrons. The second-order valence-electron chi connectivity index (χ2n) is 3.57. The van der Waals surface area contributed by atoms with E-state index in [-0.39, 0.29) is 11.7 Å². The summed E-state index contributed by atoms with van der Waals surface area (Å²) in [5, 5.41) is 2.67. The Labute approximate surface area is 101 Å². The number of amides is 1. The third-order valence-electron chi connectivity index (χ3n) is 2.22. The number of ketones is 1. The molecular formula is C14H15NO2. The molecule has 3 nitrogen and oxygen atoms in total. The van der Waals surface area contributed by atoms with E-state index in [1.165, 1.54) is 6.92 Å². The van der Waals surface area contributed by atoms with Gasteiger partial charge in [0.05, 0.1) is 6.54 Å². The van der Waals surface area contributed by atoms with E-state index >= 15 is 0 Å². The van der Waals surface area contributed by atoms with Crippen LogP contribution in [0.4, 0.5) is 0 Å². The van der Waals surface area contributed by atoms with Gasteiger partial charge in [0.1, 0.15) is 0 Å². The summed E-state index contributed by atoms with van der Waals surface area (Å²) in [7, 11) is 0. The van der Waals surface area contributed by atoms with Gasteiger partial charge in [-0.25, -0.2) is 0 Å². The molecule has 0 radical (unpaired) electrons. The van der Waals surface area contributed by atoms with Gasteiger partial charge < -0.3 is 5.32 Å². The van der Waals surface area contributed by atoms with Crippen LogP contribution in [0.3, 0.4) is 0 Å². The van der Waals surface area contributed by atoms with Crippen LogP contribution in [-0.2, 0) is 4.79 Å². The van der Waals surface area contributed by atoms with Crippen molar-refractivity contribution in [1.29, 1.82) is 0 Å². The lowest BCUT2D eigenvalue weighted by Crippen LogP contribution is -2.22. The van der Waals surface area contributed by atoms with Crippen molar-refractivity contribution in [2.45, 2.75) is 20.3 Å². The predicted molar refractivity (Wildman–Crippen MR) is 66.6 cm³/mol. The molecule has 3 heteroatoms. The molecule has 0 aliphatic heterocycles. The highest BCUT2D eigenvalue weighted by Crippen LogP contribution is 2.03. The fourth-order valence-corrected chi connectivity index (χ4v) is 1.20. The van der Waals surface area contributed by atoms with Gasteiger partial charge in [0.15, 0.2) is 5.78 Å². The van der Waals surface area contributed by atoms with E-state index in [1.54, 1.807) is 31.2 Å². The predicted octanol–water partition coefficient (Wildman–Crippen LogP) is 1.77. The topological polar surface area (TPSA) is 46.2 Å². The largest absolute Gasteiger partial charge is 0.345 e. The van der Waals surface area contributed by atoms with E-state index in [9.17, 15) is 9.59 Å². The lowest BCUT2D eigenvalue weighted by Gasteiger charge is -1.96. The average molecular weight is 229 g/mol. The Morgan fingerprint density at radius 2 is 1.88 bits per heavy atom. The number of hydrogen-bond acceptors (Lipinski definition) is 2. The monoisotopic (exact) mass is 229 g/mol. The van der Waals surface area contributed by atoms with Crippen molar-refractivity contribution in [3.8, 4) is 11.8 Å². The highest BCUT2D eigenvalue weighted by molar-refractivity contribution is 5.94. The molecule has 1 aromatic carbocycles. The molecule has 0 unspecified atom stereocenters. The number of Topliss-reactive ketones (excluding diaryl/α,β-unsaturated/α-hetero) is 1. The van der Waals surface area contributed by atoms with Gasteiger partial charge in [-0.1, -0.05) is 30.9 Å². The Balaban J connectivity index is 2.55. The van der Waals surface area contributed by atoms with Crippen molar-refractivity contribution in [3.63, 3.8) is 0 Å². The number of carbonyl (C=O) groups excluding carboxylic acids is 2. The van der Waals surface area contributed by atoms with Crippen molar-refractivity contribution in [3.05, 3.63) is 35.4 Å². The van der Waals surface area contributed by atoms with Crippen LogP contribution in [0.2, 0.25) is 0 Å². The van der Waals surface area contributed by atoms with Crippen LogP contribution in [0.25, 0.3) is 0 Å². The maximum atomic E-state index is 11.0. The first kappa shape index (κ1) is 13.0. The molecule has 0 aromatic heterocycles. The molecular weight excluding hydrogens is 214 g/mol. The first-order valence-electron chi connectivity index (χ1n) is 5.50. The fourth-order valence-electron chi connectivity index (χ4n) is 1.20. The third kappa shape index (κ3) is 4.52. The summed E-state index contributed by atoms with van der Waals surface area (Å²) in [6.07, 6.45) is 0.467. The molecule has 17 heavy (non-hydrogen) atoms. The Morgan fingerprint density at radius 3 is 2.41 bits per heavy atom. The minimum atomic E-state index is -0.00812. The molecule has 0 atom stereocenters. The molecule has 0 saturated heterocycles. The highest BCUT2D eigenvalue weighted by atomic mass is 16.1. The van der Waals surface area contributed by atoms with E-state index in [0.717, 1.165) is 5.56 Å². The molecule has 0 saturated carbocycles. The Bertz CT molecular complexity index is 463. The van der Waals surface area contributed by atoms with Crippen LogP contribution in [0.5, 0.6) is 0 Å². The van der Waals surface area contributed by atoms with E-state index in [2.05, 4.69) is 17.2 Å². The first-order valence-corrected chi connectivity index (χ1v) is 5.50. The standard InChI is InChI=1S/C14H15NO2/c1-3-14(17)15-10-4-5-12-6-8-13(9-7-12)11(2)16/h6-9H,3,10H2,1-2H3,(H,15,17). The van der Waals surface area contributed by atoms with Crippen molar-refractivity contribution in [2.75, 3.05) is 6.54 Å². The number of benzene rings is 1. The molecule has 0 aliphatic rings. The van der Waals surface area contributed by atoms with Crippen molar-refractivity contribution in [2.24, 2.45) is 0 Å². The van der Waals surface area contributed by atoms with Crippen LogP contribution in [0, 0.1) is 11.8 Å². The summed E-state index contributed by atoms with van der Waals surface area (Å²) in [6, 6.07) is 7.09. The third-order valence-corrected chi connectivity index (χ3v) is 2.22. The maximum absolute atomic E-state index is 11.0. The molecule has 0 spiro atoms. The molecule has 0 bridgehead atoms. The quantitative estimate of drug-likeness (QED) is 0.634. The van der Waals surface area contributed by atoms with Gasteiger partial charge in [0, 0.05) is 17.5 Å². The first-order chi connectivity index (χ1) is 8.13. The highest BCUT2D eigenvalue weighted by Gasteiger charge is 1.96. The van der Waals surface area contributed by atoms with Crippen molar-refractivity contribution >= 4 is 11.7 Å². The fraction of sp³-hybridized carbons (Fsp3) is 0.286. The Hall–Kier alpha value is -2.08. The van der Waals surface area contributed by atoms with Gasteiger partial charge in [0.25, 0.3) is 0 Å². The van der Waals surface area contributed by atoms with Crippen molar-refractivity contribution < 1.29 is 9.59 Å². The summed E-state index contributed by atoms with van der Waals surface area (Å²) in [4.78, 5) is 22.0. The molecule has 0 heterocycles. The zero-order valence-corrected chi connectivity index (χ0v) is 10.0. The summed E-state index contributed by atoms with van der Waals surface area (Å²) in [5.41, 5.74) is 1.51. The minimum absolute atomic E-state index is 0.00812. The van der Waals surface area contributed by atoms with Crippen LogP contribution in [0.15, 0.2) is 24.3 Å². The van der Waals surface area contributed by atoms with Gasteiger partial charge >= 0.3 is 0 Å². The molecule has 1 aromatic rings. The molecule has 1 N–H and O–H groups in total. The van der Waals surface area contributed by atoms with Gasteiger partial charge in [-0.15, -0.1) is 0 Å². The van der Waals surface area contributed by atoms with Gasteiger partial charge in [-0.2, -0.15) is 0 Å². The number of hydrogen-bond donors (Lipinski definition) is 1. The second-order valence-corrected chi connectivity index (χ2v) is 3.57. The summed E-state index contributed by atoms with van der Waals surface area (Å²) in [5.74, 6) is 5.80. The Morgan fingerprint density at radius 1 is 1.24 bits per heavy atom. The maximum Gasteiger partial charge on any atom is 0.220 e. The van der Waals surface area contributed by atoms with E-state index < -0.39 is 0 Å². The number of rotatable bonds is 3. The number of carbonyl (C=O) groups is 2. The normalized spacial score (nSPS) is 9.06. The molecule has 0 fully saturated rings. The zero-order chi connectivity index (χ0) is 12.7. The van der Waals surface area contributed by atoms with Crippen LogP contribution in [0.1, 0.15) is 36.2 Å². The molecule has 1 rings (SSSR count). The van der Waals surface area contributed by atoms with Crippen LogP contribution in [-0.4, -0.2) is 18.2 Å². The SMILES string of the molecule is CCC(=O)NCC#Cc1ccc(C(C)=O)cc1. The van der Waals surface area contributed by atoms with E-state index in [4.69, 9.17) is 0 Å². The van der Waals surface area contributed by atoms with Gasteiger partial charge in [0.2, 0.25) is 5.91 Å². The summed E-state index contributed by atoms with van der Waals surface area (Å²) >= 11 is 0. The average Bonchev–Trinajstić information content (AvgIpc) is 2.34. The molecule has 1 amide bonds. The summed E-state index contributed by atoms with van der Waals surface area (Å²) in [6.45, 7) is 3.67. The zero-order valence-electron chi connectivity index (χ0n) is 10.0. The van der Waals surface area contributed by atoms with Crippen LogP contribution >= 0.6 is 0 Å². The van der Waals surface area contributed by atoms with E-state index in [0.29, 0.717) is 18.5 Å². The minimum Gasteiger partial charge on any atom is -0.345 e. The van der Waals surface area contributed by atoms with Gasteiger partial charge in [-0.05, 0) is 19.1 Å². The van der Waals surface area contributed by atoms with E-state index in [1.807, 2.05) is 0 Å². The smallest absolute Gasteiger partial charge is 0.220 e. The lowest BCUT2D eigenvalue weighted by molar-refractivity contribution is -0.120. The molecule has 0 aliphatic carbocycles.